The molecule has 0 bridgehead atoms. The molecule has 0 atom stereocenters. The Labute approximate surface area is 85.3 Å². The van der Waals surface area contributed by atoms with E-state index >= 15 is 0 Å². The number of hydrogen-bond acceptors (Lipinski definition) is 2. The van der Waals surface area contributed by atoms with Crippen LogP contribution in [0.15, 0.2) is 23.2 Å². The minimum Gasteiger partial charge on any atom is -0.497 e. The quantitative estimate of drug-likeness (QED) is 0.760. The van der Waals surface area contributed by atoms with Crippen LogP contribution in [0, 0.1) is 0 Å². The van der Waals surface area contributed by atoms with Gasteiger partial charge < -0.3 is 4.74 Å². The summed E-state index contributed by atoms with van der Waals surface area (Å²) in [5.74, 6) is 0.653. The summed E-state index contributed by atoms with van der Waals surface area (Å²) in [5, 5.41) is 0. The van der Waals surface area contributed by atoms with E-state index in [1.165, 1.54) is 0 Å². The van der Waals surface area contributed by atoms with Gasteiger partial charge in [0.2, 0.25) is 0 Å². The first-order chi connectivity index (χ1) is 6.22. The zero-order chi connectivity index (χ0) is 9.84. The highest BCUT2D eigenvalue weighted by Crippen LogP contribution is 2.27. The van der Waals surface area contributed by atoms with Gasteiger partial charge in [-0.15, -0.1) is 0 Å². The molecule has 3 heteroatoms. The van der Waals surface area contributed by atoms with Crippen molar-refractivity contribution in [3.8, 4) is 5.75 Å². The molecule has 2 nitrogen and oxygen atoms in total. The van der Waals surface area contributed by atoms with Gasteiger partial charge in [-0.25, -0.2) is 0 Å². The molecular weight excluding hydrogens is 232 g/mol. The predicted octanol–water partition coefficient (Wildman–Crippen LogP) is 2.91. The Morgan fingerprint density at radius 1 is 1.46 bits per heavy atom. The molecule has 0 radical (unpaired) electrons. The summed E-state index contributed by atoms with van der Waals surface area (Å²) < 4.78 is 5.78. The van der Waals surface area contributed by atoms with Crippen LogP contribution < -0.4 is 4.74 Å². The van der Waals surface area contributed by atoms with Crippen molar-refractivity contribution in [3.05, 3.63) is 34.3 Å². The SMILES string of the molecule is C=Cc1cc(OC)cc(C=O)c1Br. The second-order valence-electron chi connectivity index (χ2n) is 2.44. The Kier molecular flexibility index (Phi) is 3.25. The highest BCUT2D eigenvalue weighted by Gasteiger charge is 2.05. The minimum atomic E-state index is 0.564. The van der Waals surface area contributed by atoms with E-state index in [-0.39, 0.29) is 0 Å². The maximum atomic E-state index is 10.6. The first-order valence-corrected chi connectivity index (χ1v) is 4.47. The van der Waals surface area contributed by atoms with Gasteiger partial charge in [-0.2, -0.15) is 0 Å². The third kappa shape index (κ3) is 1.98. The van der Waals surface area contributed by atoms with E-state index in [1.807, 2.05) is 6.07 Å². The fourth-order valence-corrected chi connectivity index (χ4v) is 1.48. The standard InChI is InChI=1S/C10H9BrO2/c1-3-7-4-9(13-2)5-8(6-12)10(7)11/h3-6H,1H2,2H3. The second kappa shape index (κ2) is 4.23. The van der Waals surface area contributed by atoms with Gasteiger partial charge in [-0.3, -0.25) is 4.79 Å². The number of carbonyl (C=O) groups is 1. The van der Waals surface area contributed by atoms with E-state index in [0.717, 1.165) is 16.3 Å². The van der Waals surface area contributed by atoms with Crippen LogP contribution in [0.25, 0.3) is 6.08 Å². The van der Waals surface area contributed by atoms with Crippen LogP contribution in [0.5, 0.6) is 5.75 Å². The highest BCUT2D eigenvalue weighted by molar-refractivity contribution is 9.10. The Hall–Kier alpha value is -1.09. The molecule has 1 aromatic carbocycles. The molecule has 0 saturated carbocycles. The average Bonchev–Trinajstić information content (AvgIpc) is 2.18. The van der Waals surface area contributed by atoms with Gasteiger partial charge in [0.15, 0.2) is 6.29 Å². The molecule has 1 aromatic rings. The van der Waals surface area contributed by atoms with Crippen molar-refractivity contribution in [3.63, 3.8) is 0 Å². The van der Waals surface area contributed by atoms with Crippen molar-refractivity contribution in [2.24, 2.45) is 0 Å². The summed E-state index contributed by atoms with van der Waals surface area (Å²) in [4.78, 5) is 10.6. The summed E-state index contributed by atoms with van der Waals surface area (Å²) in [6.45, 7) is 3.64. The Morgan fingerprint density at radius 3 is 2.54 bits per heavy atom. The summed E-state index contributed by atoms with van der Waals surface area (Å²) in [6, 6.07) is 3.48. The smallest absolute Gasteiger partial charge is 0.151 e. The highest BCUT2D eigenvalue weighted by atomic mass is 79.9. The summed E-state index contributed by atoms with van der Waals surface area (Å²) in [5.41, 5.74) is 1.41. The lowest BCUT2D eigenvalue weighted by Crippen LogP contribution is -1.90. The van der Waals surface area contributed by atoms with Crippen molar-refractivity contribution in [2.75, 3.05) is 7.11 Å². The fraction of sp³-hybridized carbons (Fsp3) is 0.100. The average molecular weight is 241 g/mol. The number of aldehydes is 1. The molecule has 0 saturated heterocycles. The van der Waals surface area contributed by atoms with Gasteiger partial charge in [0, 0.05) is 10.0 Å². The molecule has 0 aliphatic carbocycles. The Morgan fingerprint density at radius 2 is 2.08 bits per heavy atom. The zero-order valence-corrected chi connectivity index (χ0v) is 8.80. The van der Waals surface area contributed by atoms with Crippen molar-refractivity contribution < 1.29 is 9.53 Å². The van der Waals surface area contributed by atoms with Crippen LogP contribution in [-0.4, -0.2) is 13.4 Å². The second-order valence-corrected chi connectivity index (χ2v) is 3.23. The third-order valence-corrected chi connectivity index (χ3v) is 2.60. The molecular formula is C10H9BrO2. The maximum absolute atomic E-state index is 10.6. The lowest BCUT2D eigenvalue weighted by Gasteiger charge is -2.05. The number of benzene rings is 1. The van der Waals surface area contributed by atoms with Gasteiger partial charge >= 0.3 is 0 Å². The number of rotatable bonds is 3. The number of carbonyl (C=O) groups excluding carboxylic acids is 1. The lowest BCUT2D eigenvalue weighted by atomic mass is 10.1. The predicted molar refractivity (Wildman–Crippen MR) is 56.2 cm³/mol. The normalized spacial score (nSPS) is 9.38. The molecule has 0 aliphatic rings. The van der Waals surface area contributed by atoms with Gasteiger partial charge in [0.05, 0.1) is 7.11 Å². The van der Waals surface area contributed by atoms with Gasteiger partial charge in [-0.1, -0.05) is 12.7 Å². The van der Waals surface area contributed by atoms with Crippen molar-refractivity contribution in [1.29, 1.82) is 0 Å². The van der Waals surface area contributed by atoms with Crippen LogP contribution in [0.2, 0.25) is 0 Å². The Balaban J connectivity index is 3.36. The molecule has 68 valence electrons. The number of ether oxygens (including phenoxy) is 1. The van der Waals surface area contributed by atoms with Crippen molar-refractivity contribution in [2.45, 2.75) is 0 Å². The van der Waals surface area contributed by atoms with E-state index in [0.29, 0.717) is 11.3 Å². The monoisotopic (exact) mass is 240 g/mol. The maximum Gasteiger partial charge on any atom is 0.151 e. The molecule has 0 aliphatic heterocycles. The zero-order valence-electron chi connectivity index (χ0n) is 7.21. The Bertz CT molecular complexity index is 316. The number of halogens is 1. The van der Waals surface area contributed by atoms with Crippen LogP contribution in [0.1, 0.15) is 15.9 Å². The molecule has 0 amide bonds. The molecule has 0 spiro atoms. The van der Waals surface area contributed by atoms with Crippen LogP contribution in [0.3, 0.4) is 0 Å². The third-order valence-electron chi connectivity index (χ3n) is 1.68. The minimum absolute atomic E-state index is 0.564. The van der Waals surface area contributed by atoms with E-state index in [2.05, 4.69) is 22.5 Å². The topological polar surface area (TPSA) is 26.3 Å². The fourth-order valence-electron chi connectivity index (χ4n) is 0.994. The van der Waals surface area contributed by atoms with Crippen LogP contribution in [-0.2, 0) is 0 Å². The van der Waals surface area contributed by atoms with E-state index < -0.39 is 0 Å². The molecule has 0 fully saturated rings. The van der Waals surface area contributed by atoms with Crippen molar-refractivity contribution >= 4 is 28.3 Å². The van der Waals surface area contributed by atoms with E-state index in [4.69, 9.17) is 4.74 Å². The molecule has 0 heterocycles. The summed E-state index contributed by atoms with van der Waals surface area (Å²) in [7, 11) is 1.56. The first kappa shape index (κ1) is 9.99. The molecule has 1 rings (SSSR count). The number of methoxy groups -OCH3 is 1. The lowest BCUT2D eigenvalue weighted by molar-refractivity contribution is 0.112. The number of hydrogen-bond donors (Lipinski definition) is 0. The molecule has 0 unspecified atom stereocenters. The largest absolute Gasteiger partial charge is 0.497 e. The van der Waals surface area contributed by atoms with Gasteiger partial charge in [0.1, 0.15) is 5.75 Å². The first-order valence-electron chi connectivity index (χ1n) is 3.68. The summed E-state index contributed by atoms with van der Waals surface area (Å²) >= 11 is 3.31. The van der Waals surface area contributed by atoms with Crippen LogP contribution in [0.4, 0.5) is 0 Å². The van der Waals surface area contributed by atoms with E-state index in [9.17, 15) is 4.79 Å². The van der Waals surface area contributed by atoms with Crippen LogP contribution >= 0.6 is 15.9 Å². The molecule has 0 N–H and O–H groups in total. The van der Waals surface area contributed by atoms with Gasteiger partial charge in [-0.05, 0) is 33.6 Å². The summed E-state index contributed by atoms with van der Waals surface area (Å²) in [6.07, 6.45) is 2.44. The van der Waals surface area contributed by atoms with Gasteiger partial charge in [0.25, 0.3) is 0 Å². The van der Waals surface area contributed by atoms with E-state index in [1.54, 1.807) is 19.3 Å². The molecule has 13 heavy (non-hydrogen) atoms. The van der Waals surface area contributed by atoms with Crippen molar-refractivity contribution in [1.82, 2.24) is 0 Å². The molecule has 0 aromatic heterocycles.